The summed E-state index contributed by atoms with van der Waals surface area (Å²) in [5.74, 6) is 0. The van der Waals surface area contributed by atoms with Crippen LogP contribution in [0.1, 0.15) is 26.3 Å². The van der Waals surface area contributed by atoms with Gasteiger partial charge in [0.25, 0.3) is 0 Å². The van der Waals surface area contributed by atoms with E-state index in [1.165, 1.54) is 12.1 Å². The fraction of sp³-hybridized carbons (Fsp3) is 0.417. The van der Waals surface area contributed by atoms with Crippen LogP contribution in [0.15, 0.2) is 24.3 Å². The Balaban J connectivity index is 2.56. The van der Waals surface area contributed by atoms with Crippen LogP contribution >= 0.6 is 0 Å². The number of benzene rings is 1. The van der Waals surface area contributed by atoms with E-state index in [1.54, 1.807) is 20.8 Å². The largest absolute Gasteiger partial charge is 0.416 e. The van der Waals surface area contributed by atoms with E-state index >= 15 is 0 Å². The first-order valence-corrected chi connectivity index (χ1v) is 5.50. The molecule has 1 rings (SSSR count). The number of hydrogen-bond acceptors (Lipinski definition) is 2. The molecule has 0 aliphatic carbocycles. The average molecular weight is 276 g/mol. The Morgan fingerprint density at radius 1 is 1.11 bits per heavy atom. The van der Waals surface area contributed by atoms with Gasteiger partial charge in [-0.25, -0.2) is 10.3 Å². The lowest BCUT2D eigenvalue weighted by atomic mass is 10.2. The molecule has 19 heavy (non-hydrogen) atoms. The third kappa shape index (κ3) is 5.60. The molecule has 2 amide bonds. The smallest absolute Gasteiger partial charge is 0.306 e. The van der Waals surface area contributed by atoms with Crippen LogP contribution in [0.3, 0.4) is 0 Å². The van der Waals surface area contributed by atoms with Crippen molar-refractivity contribution in [1.82, 2.24) is 5.48 Å². The number of nitrogens with one attached hydrogen (secondary N) is 2. The molecule has 7 heteroatoms. The summed E-state index contributed by atoms with van der Waals surface area (Å²) < 4.78 is 36.9. The van der Waals surface area contributed by atoms with E-state index in [1.807, 2.05) is 0 Å². The number of amides is 2. The van der Waals surface area contributed by atoms with Gasteiger partial charge in [0.1, 0.15) is 0 Å². The highest BCUT2D eigenvalue weighted by atomic mass is 19.4. The van der Waals surface area contributed by atoms with Crippen molar-refractivity contribution in [2.75, 3.05) is 5.32 Å². The van der Waals surface area contributed by atoms with Crippen molar-refractivity contribution in [1.29, 1.82) is 0 Å². The van der Waals surface area contributed by atoms with Gasteiger partial charge in [0.15, 0.2) is 0 Å². The van der Waals surface area contributed by atoms with Gasteiger partial charge in [0.05, 0.1) is 11.2 Å². The van der Waals surface area contributed by atoms with Gasteiger partial charge in [-0.3, -0.25) is 4.84 Å². The Bertz CT molecular complexity index is 436. The first-order valence-electron chi connectivity index (χ1n) is 5.50. The lowest BCUT2D eigenvalue weighted by Crippen LogP contribution is -2.36. The minimum absolute atomic E-state index is 0.239. The Hall–Kier alpha value is -1.76. The van der Waals surface area contributed by atoms with E-state index < -0.39 is 23.4 Å². The number of hydroxylamine groups is 1. The maximum atomic E-state index is 12.3. The van der Waals surface area contributed by atoms with E-state index in [-0.39, 0.29) is 5.69 Å². The van der Waals surface area contributed by atoms with Crippen molar-refractivity contribution in [3.05, 3.63) is 29.8 Å². The molecule has 2 N–H and O–H groups in total. The Labute approximate surface area is 108 Å². The van der Waals surface area contributed by atoms with Gasteiger partial charge >= 0.3 is 12.2 Å². The molecule has 1 aromatic rings. The van der Waals surface area contributed by atoms with Crippen LogP contribution in [-0.4, -0.2) is 11.6 Å². The van der Waals surface area contributed by atoms with E-state index in [4.69, 9.17) is 4.84 Å². The van der Waals surface area contributed by atoms with Crippen LogP contribution in [0.25, 0.3) is 0 Å². The number of halogens is 3. The number of carbonyl (C=O) groups is 1. The molecule has 0 saturated heterocycles. The number of urea groups is 1. The highest BCUT2D eigenvalue weighted by Gasteiger charge is 2.29. The summed E-state index contributed by atoms with van der Waals surface area (Å²) in [4.78, 5) is 16.4. The number of rotatable bonds is 2. The van der Waals surface area contributed by atoms with E-state index in [0.29, 0.717) is 0 Å². The molecule has 0 spiro atoms. The second kappa shape index (κ2) is 5.48. The van der Waals surface area contributed by atoms with Crippen molar-refractivity contribution in [2.24, 2.45) is 0 Å². The molecule has 0 radical (unpaired) electrons. The minimum Gasteiger partial charge on any atom is -0.306 e. The number of anilines is 1. The van der Waals surface area contributed by atoms with Crippen molar-refractivity contribution >= 4 is 11.7 Å². The number of alkyl halides is 3. The molecule has 0 aromatic heterocycles. The maximum absolute atomic E-state index is 12.3. The quantitative estimate of drug-likeness (QED) is 0.811. The molecule has 0 aliphatic rings. The van der Waals surface area contributed by atoms with E-state index in [0.717, 1.165) is 12.1 Å². The summed E-state index contributed by atoms with van der Waals surface area (Å²) >= 11 is 0. The second-order valence-corrected chi connectivity index (χ2v) is 4.85. The molecule has 0 saturated carbocycles. The van der Waals surface area contributed by atoms with Crippen molar-refractivity contribution in [3.63, 3.8) is 0 Å². The highest BCUT2D eigenvalue weighted by molar-refractivity contribution is 5.88. The third-order valence-corrected chi connectivity index (χ3v) is 1.92. The molecule has 0 atom stereocenters. The van der Waals surface area contributed by atoms with Gasteiger partial charge in [0, 0.05) is 5.69 Å². The average Bonchev–Trinajstić information content (AvgIpc) is 2.25. The Morgan fingerprint density at radius 3 is 2.05 bits per heavy atom. The topological polar surface area (TPSA) is 50.4 Å². The van der Waals surface area contributed by atoms with Gasteiger partial charge in [-0.15, -0.1) is 0 Å². The molecule has 1 aromatic carbocycles. The summed E-state index contributed by atoms with van der Waals surface area (Å²) in [6, 6.07) is 3.45. The first-order chi connectivity index (χ1) is 8.58. The standard InChI is InChI=1S/C12H15F3N2O2/c1-11(2,3)19-17-10(18)16-9-6-4-8(5-7-9)12(13,14)15/h4-7H,1-3H3,(H2,16,17,18). The molecule has 4 nitrogen and oxygen atoms in total. The van der Waals surface area contributed by atoms with Gasteiger partial charge in [0.2, 0.25) is 0 Å². The lowest BCUT2D eigenvalue weighted by Gasteiger charge is -2.19. The monoisotopic (exact) mass is 276 g/mol. The van der Waals surface area contributed by atoms with Crippen molar-refractivity contribution in [3.8, 4) is 0 Å². The van der Waals surface area contributed by atoms with Crippen LogP contribution in [0.5, 0.6) is 0 Å². The lowest BCUT2D eigenvalue weighted by molar-refractivity contribution is -0.137. The predicted molar refractivity (Wildman–Crippen MR) is 64.4 cm³/mol. The summed E-state index contributed by atoms with van der Waals surface area (Å²) in [7, 11) is 0. The van der Waals surface area contributed by atoms with Crippen LogP contribution in [0.4, 0.5) is 23.7 Å². The summed E-state index contributed by atoms with van der Waals surface area (Å²) in [6.45, 7) is 5.22. The molecule has 0 aliphatic heterocycles. The molecule has 0 fully saturated rings. The van der Waals surface area contributed by atoms with Crippen LogP contribution in [0.2, 0.25) is 0 Å². The van der Waals surface area contributed by atoms with E-state index in [2.05, 4.69) is 10.8 Å². The summed E-state index contributed by atoms with van der Waals surface area (Å²) in [5.41, 5.74) is 1.05. The summed E-state index contributed by atoms with van der Waals surface area (Å²) in [6.07, 6.45) is -4.39. The van der Waals surface area contributed by atoms with Gasteiger partial charge < -0.3 is 5.32 Å². The van der Waals surface area contributed by atoms with Crippen LogP contribution in [0, 0.1) is 0 Å². The SMILES string of the molecule is CC(C)(C)ONC(=O)Nc1ccc(C(F)(F)F)cc1. The zero-order valence-corrected chi connectivity index (χ0v) is 10.8. The van der Waals surface area contributed by atoms with Crippen LogP contribution < -0.4 is 10.8 Å². The maximum Gasteiger partial charge on any atom is 0.416 e. The van der Waals surface area contributed by atoms with Gasteiger partial charge in [-0.1, -0.05) is 0 Å². The first kappa shape index (κ1) is 15.3. The molecule has 106 valence electrons. The van der Waals surface area contributed by atoms with Crippen molar-refractivity contribution < 1.29 is 22.8 Å². The molecule has 0 unspecified atom stereocenters. The second-order valence-electron chi connectivity index (χ2n) is 4.85. The van der Waals surface area contributed by atoms with Crippen LogP contribution in [-0.2, 0) is 11.0 Å². The Kier molecular flexibility index (Phi) is 4.41. The third-order valence-electron chi connectivity index (χ3n) is 1.92. The molecule has 0 bridgehead atoms. The predicted octanol–water partition coefficient (Wildman–Crippen LogP) is 3.56. The molecular weight excluding hydrogens is 261 g/mol. The van der Waals surface area contributed by atoms with E-state index in [9.17, 15) is 18.0 Å². The normalized spacial score (nSPS) is 12.1. The number of hydrogen-bond donors (Lipinski definition) is 2. The molecule has 0 heterocycles. The van der Waals surface area contributed by atoms with Gasteiger partial charge in [-0.2, -0.15) is 13.2 Å². The molecular formula is C12H15F3N2O2. The van der Waals surface area contributed by atoms with Gasteiger partial charge in [-0.05, 0) is 45.0 Å². The zero-order chi connectivity index (χ0) is 14.7. The highest BCUT2D eigenvalue weighted by Crippen LogP contribution is 2.29. The summed E-state index contributed by atoms with van der Waals surface area (Å²) in [5, 5.41) is 2.35. The van der Waals surface area contributed by atoms with Crippen molar-refractivity contribution in [2.45, 2.75) is 32.5 Å². The fourth-order valence-electron chi connectivity index (χ4n) is 1.10. The zero-order valence-electron chi connectivity index (χ0n) is 10.8. The Morgan fingerprint density at radius 2 is 1.63 bits per heavy atom. The fourth-order valence-corrected chi connectivity index (χ4v) is 1.10. The minimum atomic E-state index is -4.39. The number of carbonyl (C=O) groups excluding carboxylic acids is 1.